The van der Waals surface area contributed by atoms with E-state index in [0.717, 1.165) is 13.0 Å². The van der Waals surface area contributed by atoms with Gasteiger partial charge >= 0.3 is 0 Å². The van der Waals surface area contributed by atoms with E-state index in [4.69, 9.17) is 4.74 Å². The summed E-state index contributed by atoms with van der Waals surface area (Å²) in [4.78, 5) is 17.2. The van der Waals surface area contributed by atoms with Crippen LogP contribution in [0.5, 0.6) is 0 Å². The van der Waals surface area contributed by atoms with Crippen LogP contribution in [0.3, 0.4) is 0 Å². The van der Waals surface area contributed by atoms with E-state index in [1.807, 2.05) is 6.92 Å². The number of nitrogens with zero attached hydrogens (tertiary/aromatic N) is 2. The molecular weight excluding hydrogens is 232 g/mol. The van der Waals surface area contributed by atoms with E-state index in [1.54, 1.807) is 14.1 Å². The Kier molecular flexibility index (Phi) is 10.0. The molecule has 0 aliphatic carbocycles. The number of aliphatic imine (C=N–C) groups is 1. The summed E-state index contributed by atoms with van der Waals surface area (Å²) < 4.78 is 5.23. The van der Waals surface area contributed by atoms with E-state index in [-0.39, 0.29) is 12.5 Å². The van der Waals surface area contributed by atoms with Crippen LogP contribution < -0.4 is 10.6 Å². The van der Waals surface area contributed by atoms with Gasteiger partial charge in [-0.1, -0.05) is 6.92 Å². The Hall–Kier alpha value is -1.30. The lowest BCUT2D eigenvalue weighted by atomic mass is 10.5. The second-order valence-electron chi connectivity index (χ2n) is 4.00. The first kappa shape index (κ1) is 16.7. The Morgan fingerprint density at radius 2 is 1.89 bits per heavy atom. The first-order chi connectivity index (χ1) is 8.61. The maximum atomic E-state index is 11.4. The molecule has 0 aromatic rings. The normalized spacial score (nSPS) is 11.2. The highest BCUT2D eigenvalue weighted by Gasteiger charge is 2.03. The third-order valence-electron chi connectivity index (χ3n) is 2.16. The van der Waals surface area contributed by atoms with Gasteiger partial charge in [0.2, 0.25) is 5.91 Å². The van der Waals surface area contributed by atoms with Gasteiger partial charge in [0, 0.05) is 33.8 Å². The van der Waals surface area contributed by atoms with Gasteiger partial charge in [-0.25, -0.2) is 4.99 Å². The summed E-state index contributed by atoms with van der Waals surface area (Å²) in [7, 11) is 3.44. The molecule has 0 heterocycles. The maximum Gasteiger partial charge on any atom is 0.243 e. The average molecular weight is 258 g/mol. The molecule has 1 amide bonds. The monoisotopic (exact) mass is 258 g/mol. The standard InChI is InChI=1S/C12H26N4O2/c1-5-7-13-12(14-8-9-18-6-2)15-10-11(17)16(3)4/h5-10H2,1-4H3,(H2,13,14,15). The van der Waals surface area contributed by atoms with Gasteiger partial charge in [-0.2, -0.15) is 0 Å². The summed E-state index contributed by atoms with van der Waals surface area (Å²) in [5.41, 5.74) is 0. The predicted octanol–water partition coefficient (Wildman–Crippen LogP) is 0.0563. The van der Waals surface area contributed by atoms with Crippen molar-refractivity contribution in [1.29, 1.82) is 0 Å². The van der Waals surface area contributed by atoms with Crippen LogP contribution in [0, 0.1) is 0 Å². The SMILES string of the molecule is CCCNC(=NCC(=O)N(C)C)NCCOCC. The minimum absolute atomic E-state index is 0.0163. The fraction of sp³-hybridized carbons (Fsp3) is 0.833. The molecule has 0 spiro atoms. The van der Waals surface area contributed by atoms with Gasteiger partial charge in [0.05, 0.1) is 6.61 Å². The molecule has 2 N–H and O–H groups in total. The zero-order valence-electron chi connectivity index (χ0n) is 12.0. The van der Waals surface area contributed by atoms with E-state index >= 15 is 0 Å². The van der Waals surface area contributed by atoms with Gasteiger partial charge in [-0.15, -0.1) is 0 Å². The van der Waals surface area contributed by atoms with Gasteiger partial charge in [0.25, 0.3) is 0 Å². The molecule has 106 valence electrons. The van der Waals surface area contributed by atoms with Crippen molar-refractivity contribution in [3.63, 3.8) is 0 Å². The van der Waals surface area contributed by atoms with Crippen molar-refractivity contribution in [3.05, 3.63) is 0 Å². The van der Waals surface area contributed by atoms with Crippen molar-refractivity contribution >= 4 is 11.9 Å². The number of carbonyl (C=O) groups excluding carboxylic acids is 1. The lowest BCUT2D eigenvalue weighted by Crippen LogP contribution is -2.40. The molecule has 0 aromatic heterocycles. The van der Waals surface area contributed by atoms with Crippen LogP contribution in [0.1, 0.15) is 20.3 Å². The quantitative estimate of drug-likeness (QED) is 0.367. The molecule has 0 radical (unpaired) electrons. The molecule has 0 fully saturated rings. The first-order valence-corrected chi connectivity index (χ1v) is 6.41. The number of rotatable bonds is 8. The zero-order valence-corrected chi connectivity index (χ0v) is 12.0. The Bertz CT molecular complexity index is 254. The Morgan fingerprint density at radius 3 is 2.44 bits per heavy atom. The van der Waals surface area contributed by atoms with Gasteiger partial charge in [0.15, 0.2) is 5.96 Å². The Labute approximate surface area is 110 Å². The molecule has 0 rings (SSSR count). The van der Waals surface area contributed by atoms with Crippen LogP contribution in [0.15, 0.2) is 4.99 Å². The first-order valence-electron chi connectivity index (χ1n) is 6.41. The van der Waals surface area contributed by atoms with Crippen molar-refractivity contribution in [2.45, 2.75) is 20.3 Å². The van der Waals surface area contributed by atoms with Gasteiger partial charge in [-0.05, 0) is 13.3 Å². The number of carbonyl (C=O) groups is 1. The lowest BCUT2D eigenvalue weighted by molar-refractivity contribution is -0.127. The maximum absolute atomic E-state index is 11.4. The molecular formula is C12H26N4O2. The molecule has 6 heteroatoms. The van der Waals surface area contributed by atoms with Crippen molar-refractivity contribution in [2.75, 3.05) is 46.9 Å². The molecule has 0 bridgehead atoms. The number of amides is 1. The second kappa shape index (κ2) is 10.8. The van der Waals surface area contributed by atoms with E-state index in [0.29, 0.717) is 25.7 Å². The van der Waals surface area contributed by atoms with Gasteiger partial charge in [-0.3, -0.25) is 4.79 Å². The van der Waals surface area contributed by atoms with Crippen LogP contribution in [-0.2, 0) is 9.53 Å². The number of likely N-dealkylation sites (N-methyl/N-ethyl adjacent to an activating group) is 1. The van der Waals surface area contributed by atoms with Gasteiger partial charge in [0.1, 0.15) is 6.54 Å². The number of hydrogen-bond acceptors (Lipinski definition) is 3. The second-order valence-corrected chi connectivity index (χ2v) is 4.00. The Morgan fingerprint density at radius 1 is 1.22 bits per heavy atom. The molecule has 0 unspecified atom stereocenters. The smallest absolute Gasteiger partial charge is 0.243 e. The highest BCUT2D eigenvalue weighted by molar-refractivity contribution is 5.84. The Balaban J connectivity index is 4.11. The molecule has 0 atom stereocenters. The van der Waals surface area contributed by atoms with E-state index in [2.05, 4.69) is 22.5 Å². The van der Waals surface area contributed by atoms with Crippen LogP contribution in [-0.4, -0.2) is 63.7 Å². The van der Waals surface area contributed by atoms with Gasteiger partial charge < -0.3 is 20.3 Å². The van der Waals surface area contributed by atoms with Crippen LogP contribution in [0.2, 0.25) is 0 Å². The molecule has 0 aliphatic heterocycles. The summed E-state index contributed by atoms with van der Waals surface area (Å²) in [5.74, 6) is 0.643. The third-order valence-corrected chi connectivity index (χ3v) is 2.16. The number of guanidine groups is 1. The molecule has 18 heavy (non-hydrogen) atoms. The van der Waals surface area contributed by atoms with Crippen LogP contribution in [0.4, 0.5) is 0 Å². The number of hydrogen-bond donors (Lipinski definition) is 2. The molecule has 0 aliphatic rings. The lowest BCUT2D eigenvalue weighted by Gasteiger charge is -2.13. The third kappa shape index (κ3) is 8.81. The summed E-state index contributed by atoms with van der Waals surface area (Å²) in [6.45, 7) is 7.04. The summed E-state index contributed by atoms with van der Waals surface area (Å²) >= 11 is 0. The fourth-order valence-corrected chi connectivity index (χ4v) is 1.09. The zero-order chi connectivity index (χ0) is 13.8. The number of ether oxygens (including phenoxy) is 1. The summed E-state index contributed by atoms with van der Waals surface area (Å²) in [6.07, 6.45) is 1.01. The molecule has 0 saturated carbocycles. The minimum atomic E-state index is -0.0163. The van der Waals surface area contributed by atoms with Crippen molar-refractivity contribution < 1.29 is 9.53 Å². The minimum Gasteiger partial charge on any atom is -0.380 e. The largest absolute Gasteiger partial charge is 0.380 e. The summed E-state index contributed by atoms with van der Waals surface area (Å²) in [6, 6.07) is 0. The fourth-order valence-electron chi connectivity index (χ4n) is 1.09. The van der Waals surface area contributed by atoms with E-state index < -0.39 is 0 Å². The average Bonchev–Trinajstić information content (AvgIpc) is 2.36. The van der Waals surface area contributed by atoms with Crippen LogP contribution >= 0.6 is 0 Å². The van der Waals surface area contributed by atoms with E-state index in [1.165, 1.54) is 4.90 Å². The number of nitrogens with one attached hydrogen (secondary N) is 2. The molecule has 6 nitrogen and oxygen atoms in total. The molecule has 0 saturated heterocycles. The predicted molar refractivity (Wildman–Crippen MR) is 73.8 cm³/mol. The molecule has 0 aromatic carbocycles. The topological polar surface area (TPSA) is 66.0 Å². The highest BCUT2D eigenvalue weighted by atomic mass is 16.5. The van der Waals surface area contributed by atoms with Crippen molar-refractivity contribution in [3.8, 4) is 0 Å². The van der Waals surface area contributed by atoms with Crippen molar-refractivity contribution in [2.24, 2.45) is 4.99 Å². The van der Waals surface area contributed by atoms with E-state index in [9.17, 15) is 4.79 Å². The van der Waals surface area contributed by atoms with Crippen LogP contribution in [0.25, 0.3) is 0 Å². The van der Waals surface area contributed by atoms with Crippen molar-refractivity contribution in [1.82, 2.24) is 15.5 Å². The highest BCUT2D eigenvalue weighted by Crippen LogP contribution is 1.82. The summed E-state index contributed by atoms with van der Waals surface area (Å²) in [5, 5.41) is 6.28.